The third-order valence-corrected chi connectivity index (χ3v) is 7.09. The minimum Gasteiger partial charge on any atom is -0.479 e. The van der Waals surface area contributed by atoms with Crippen LogP contribution >= 0.6 is 0 Å². The van der Waals surface area contributed by atoms with Crippen LogP contribution in [0, 0.1) is 19.8 Å². The molecular formula is C26H27N3O4. The molecule has 2 N–H and O–H groups in total. The molecule has 0 aliphatic heterocycles. The number of aromatic nitrogens is 2. The van der Waals surface area contributed by atoms with E-state index in [0.717, 1.165) is 46.5 Å². The highest BCUT2D eigenvalue weighted by Gasteiger charge is 2.53. The summed E-state index contributed by atoms with van der Waals surface area (Å²) in [5, 5.41) is 12.9. The normalized spacial score (nSPS) is 16.5. The number of carboxylic acid groups (broad SMARTS) is 1. The molecule has 170 valence electrons. The van der Waals surface area contributed by atoms with Crippen molar-refractivity contribution >= 4 is 12.1 Å². The molecule has 1 aromatic heterocycles. The molecule has 33 heavy (non-hydrogen) atoms. The van der Waals surface area contributed by atoms with Crippen molar-refractivity contribution in [2.45, 2.75) is 44.7 Å². The number of carbonyl (C=O) groups excluding carboxylic acids is 1. The molecule has 2 aromatic carbocycles. The van der Waals surface area contributed by atoms with Crippen molar-refractivity contribution in [2.75, 3.05) is 6.61 Å². The monoisotopic (exact) mass is 445 g/mol. The van der Waals surface area contributed by atoms with E-state index in [1.54, 1.807) is 10.9 Å². The zero-order valence-corrected chi connectivity index (χ0v) is 18.7. The van der Waals surface area contributed by atoms with Gasteiger partial charge in [-0.1, -0.05) is 48.5 Å². The van der Waals surface area contributed by atoms with Gasteiger partial charge in [-0.3, -0.25) is 0 Å². The number of aryl methyl sites for hydroxylation is 1. The van der Waals surface area contributed by atoms with E-state index in [2.05, 4.69) is 34.6 Å². The van der Waals surface area contributed by atoms with Crippen molar-refractivity contribution in [3.8, 4) is 11.1 Å². The average Bonchev–Trinajstić information content (AvgIpc) is 3.56. The second-order valence-corrected chi connectivity index (χ2v) is 9.04. The van der Waals surface area contributed by atoms with Crippen molar-refractivity contribution in [1.29, 1.82) is 0 Å². The zero-order valence-electron chi connectivity index (χ0n) is 18.7. The number of ether oxygens (including phenoxy) is 1. The van der Waals surface area contributed by atoms with Crippen molar-refractivity contribution in [1.82, 2.24) is 14.9 Å². The third kappa shape index (κ3) is 3.67. The van der Waals surface area contributed by atoms with E-state index in [4.69, 9.17) is 4.74 Å². The van der Waals surface area contributed by atoms with Gasteiger partial charge in [-0.2, -0.15) is 0 Å². The molecule has 1 fully saturated rings. The summed E-state index contributed by atoms with van der Waals surface area (Å²) < 4.78 is 7.46. The van der Waals surface area contributed by atoms with E-state index in [-0.39, 0.29) is 25.0 Å². The van der Waals surface area contributed by atoms with Gasteiger partial charge in [0.05, 0.1) is 18.6 Å². The van der Waals surface area contributed by atoms with Crippen LogP contribution < -0.4 is 5.32 Å². The Bertz CT molecular complexity index is 1180. The maximum atomic E-state index is 12.9. The topological polar surface area (TPSA) is 93.5 Å². The van der Waals surface area contributed by atoms with Gasteiger partial charge in [0.1, 0.15) is 6.61 Å². The fourth-order valence-corrected chi connectivity index (χ4v) is 4.93. The van der Waals surface area contributed by atoms with Crippen LogP contribution in [0.4, 0.5) is 4.79 Å². The van der Waals surface area contributed by atoms with E-state index in [1.807, 2.05) is 38.1 Å². The molecule has 1 amide bonds. The van der Waals surface area contributed by atoms with E-state index in [9.17, 15) is 14.7 Å². The van der Waals surface area contributed by atoms with Crippen LogP contribution in [0.2, 0.25) is 0 Å². The SMILES string of the molecule is Cc1ncn(CC(NC(=O)OCC2c3ccccc3-c3ccccc32)(C(=O)O)C2CC2)c1C. The Morgan fingerprint density at radius 3 is 2.21 bits per heavy atom. The largest absolute Gasteiger partial charge is 0.479 e. The lowest BCUT2D eigenvalue weighted by Crippen LogP contribution is -2.59. The summed E-state index contributed by atoms with van der Waals surface area (Å²) in [6.45, 7) is 4.03. The first kappa shape index (κ1) is 21.2. The minimum absolute atomic E-state index is 0.0816. The molecular weight excluding hydrogens is 418 g/mol. The summed E-state index contributed by atoms with van der Waals surface area (Å²) >= 11 is 0. The Kier molecular flexibility index (Phi) is 5.19. The highest BCUT2D eigenvalue weighted by Crippen LogP contribution is 2.45. The summed E-state index contributed by atoms with van der Waals surface area (Å²) in [5.74, 6) is -1.27. The molecule has 1 unspecified atom stereocenters. The maximum absolute atomic E-state index is 12.9. The van der Waals surface area contributed by atoms with Gasteiger partial charge in [0.25, 0.3) is 0 Å². The molecule has 0 saturated heterocycles. The lowest BCUT2D eigenvalue weighted by molar-refractivity contribution is -0.146. The summed E-state index contributed by atoms with van der Waals surface area (Å²) in [7, 11) is 0. The van der Waals surface area contributed by atoms with Crippen LogP contribution in [0.15, 0.2) is 54.9 Å². The van der Waals surface area contributed by atoms with Gasteiger partial charge in [-0.15, -0.1) is 0 Å². The van der Waals surface area contributed by atoms with Gasteiger partial charge < -0.3 is 19.7 Å². The number of fused-ring (bicyclic) bond motifs is 3. The Balaban J connectivity index is 1.35. The number of hydrogen-bond acceptors (Lipinski definition) is 4. The fraction of sp³-hybridized carbons (Fsp3) is 0.346. The van der Waals surface area contributed by atoms with Crippen LogP contribution in [0.5, 0.6) is 0 Å². The van der Waals surface area contributed by atoms with Gasteiger partial charge in [0.2, 0.25) is 0 Å². The second-order valence-electron chi connectivity index (χ2n) is 9.04. The molecule has 0 bridgehead atoms. The van der Waals surface area contributed by atoms with Crippen LogP contribution in [-0.4, -0.2) is 38.9 Å². The summed E-state index contributed by atoms with van der Waals surface area (Å²) in [6, 6.07) is 16.2. The van der Waals surface area contributed by atoms with Crippen LogP contribution in [-0.2, 0) is 16.1 Å². The Morgan fingerprint density at radius 1 is 1.09 bits per heavy atom. The number of aliphatic carboxylic acids is 1. The van der Waals surface area contributed by atoms with E-state index in [1.165, 1.54) is 0 Å². The molecule has 2 aliphatic carbocycles. The highest BCUT2D eigenvalue weighted by molar-refractivity contribution is 5.85. The number of rotatable bonds is 7. The predicted molar refractivity (Wildman–Crippen MR) is 123 cm³/mol. The molecule has 2 aliphatic rings. The summed E-state index contributed by atoms with van der Waals surface area (Å²) in [5.41, 5.74) is 4.81. The number of carbonyl (C=O) groups is 2. The van der Waals surface area contributed by atoms with E-state index in [0.29, 0.717) is 0 Å². The standard InChI is InChI=1S/C26H27N3O4/c1-16-17(2)29(15-27-16)14-26(24(30)31,18-11-12-18)28-25(32)33-13-23-21-9-5-3-7-19(21)20-8-4-6-10-22(20)23/h3-10,15,18,23H,11-14H2,1-2H3,(H,28,32)(H,30,31). The first-order valence-electron chi connectivity index (χ1n) is 11.3. The Hall–Kier alpha value is -3.61. The first-order valence-corrected chi connectivity index (χ1v) is 11.3. The van der Waals surface area contributed by atoms with Gasteiger partial charge in [-0.05, 0) is 54.9 Å². The number of nitrogens with zero attached hydrogens (tertiary/aromatic N) is 2. The molecule has 1 saturated carbocycles. The second kappa shape index (κ2) is 8.06. The van der Waals surface area contributed by atoms with Gasteiger partial charge >= 0.3 is 12.1 Å². The molecule has 1 heterocycles. The van der Waals surface area contributed by atoms with Crippen molar-refractivity contribution in [2.24, 2.45) is 5.92 Å². The number of hydrogen-bond donors (Lipinski definition) is 2. The van der Waals surface area contributed by atoms with Gasteiger partial charge in [0.15, 0.2) is 5.54 Å². The smallest absolute Gasteiger partial charge is 0.408 e. The average molecular weight is 446 g/mol. The van der Waals surface area contributed by atoms with Crippen molar-refractivity contribution in [3.63, 3.8) is 0 Å². The fourth-order valence-electron chi connectivity index (χ4n) is 4.93. The Labute approximate surface area is 192 Å². The van der Waals surface area contributed by atoms with Crippen molar-refractivity contribution < 1.29 is 19.4 Å². The minimum atomic E-state index is -1.43. The lowest BCUT2D eigenvalue weighted by atomic mass is 9.93. The quantitative estimate of drug-likeness (QED) is 0.566. The molecule has 7 nitrogen and oxygen atoms in total. The molecule has 7 heteroatoms. The number of amides is 1. The lowest BCUT2D eigenvalue weighted by Gasteiger charge is -2.31. The van der Waals surface area contributed by atoms with Crippen LogP contribution in [0.3, 0.4) is 0 Å². The number of alkyl carbamates (subject to hydrolysis) is 1. The molecule has 5 rings (SSSR count). The molecule has 1 atom stereocenters. The number of benzene rings is 2. The number of imidazole rings is 1. The maximum Gasteiger partial charge on any atom is 0.408 e. The highest BCUT2D eigenvalue weighted by atomic mass is 16.5. The van der Waals surface area contributed by atoms with Crippen LogP contribution in [0.25, 0.3) is 11.1 Å². The third-order valence-electron chi connectivity index (χ3n) is 7.09. The van der Waals surface area contributed by atoms with Gasteiger partial charge in [-0.25, -0.2) is 14.6 Å². The van der Waals surface area contributed by atoms with Crippen molar-refractivity contribution in [3.05, 3.63) is 77.4 Å². The first-order chi connectivity index (χ1) is 15.9. The number of carboxylic acids is 1. The van der Waals surface area contributed by atoms with Crippen LogP contribution in [0.1, 0.15) is 41.3 Å². The Morgan fingerprint density at radius 2 is 1.70 bits per heavy atom. The number of nitrogens with one attached hydrogen (secondary N) is 1. The zero-order chi connectivity index (χ0) is 23.2. The molecule has 0 radical (unpaired) electrons. The summed E-state index contributed by atoms with van der Waals surface area (Å²) in [4.78, 5) is 29.7. The van der Waals surface area contributed by atoms with E-state index < -0.39 is 17.6 Å². The molecule has 0 spiro atoms. The van der Waals surface area contributed by atoms with E-state index >= 15 is 0 Å². The van der Waals surface area contributed by atoms with Gasteiger partial charge in [0, 0.05) is 11.6 Å². The molecule has 3 aromatic rings. The summed E-state index contributed by atoms with van der Waals surface area (Å²) in [6.07, 6.45) is 2.43. The predicted octanol–water partition coefficient (Wildman–Crippen LogP) is 4.27.